The van der Waals surface area contributed by atoms with Crippen LogP contribution < -0.4 is 10.2 Å². The van der Waals surface area contributed by atoms with Crippen LogP contribution in [-0.4, -0.2) is 29.8 Å². The highest BCUT2D eigenvalue weighted by atomic mass is 35.5. The minimum absolute atomic E-state index is 0.0227. The second kappa shape index (κ2) is 8.03. The molecule has 0 aliphatic heterocycles. The number of aryl methyl sites for hydroxylation is 1. The topological polar surface area (TPSA) is 49.4 Å². The summed E-state index contributed by atoms with van der Waals surface area (Å²) in [6, 6.07) is 7.54. The molecule has 2 atom stereocenters. The fourth-order valence-electron chi connectivity index (χ4n) is 1.93. The highest BCUT2D eigenvalue weighted by Crippen LogP contribution is 2.21. The maximum atomic E-state index is 12.3. The smallest absolute Gasteiger partial charge is 0.245 e. The molecular weight excluding hydrogens is 288 g/mol. The summed E-state index contributed by atoms with van der Waals surface area (Å²) >= 11 is 5.92. The number of para-hydroxylation sites is 1. The van der Waals surface area contributed by atoms with E-state index >= 15 is 0 Å². The van der Waals surface area contributed by atoms with Gasteiger partial charge in [0.2, 0.25) is 11.8 Å². The fourth-order valence-corrected chi connectivity index (χ4v) is 2.05. The van der Waals surface area contributed by atoms with Crippen LogP contribution in [0.2, 0.25) is 0 Å². The molecular formula is C16H23ClN2O2. The van der Waals surface area contributed by atoms with Crippen LogP contribution in [0.5, 0.6) is 0 Å². The molecule has 2 unspecified atom stereocenters. The van der Waals surface area contributed by atoms with Crippen molar-refractivity contribution >= 4 is 29.1 Å². The molecule has 0 saturated heterocycles. The van der Waals surface area contributed by atoms with E-state index in [1.54, 1.807) is 6.92 Å². The molecule has 1 rings (SSSR count). The summed E-state index contributed by atoms with van der Waals surface area (Å²) in [5, 5.41) is 2.19. The number of alkyl halides is 1. The third-order valence-electron chi connectivity index (χ3n) is 3.33. The highest BCUT2D eigenvalue weighted by molar-refractivity contribution is 6.32. The molecule has 0 fully saturated rings. The lowest BCUT2D eigenvalue weighted by Crippen LogP contribution is -2.45. The third kappa shape index (κ3) is 5.05. The van der Waals surface area contributed by atoms with Crippen molar-refractivity contribution in [1.29, 1.82) is 0 Å². The summed E-state index contributed by atoms with van der Waals surface area (Å²) in [6.07, 6.45) is 0.843. The van der Waals surface area contributed by atoms with Crippen molar-refractivity contribution < 1.29 is 9.59 Å². The number of amides is 2. The maximum absolute atomic E-state index is 12.3. The molecule has 0 aliphatic carbocycles. The van der Waals surface area contributed by atoms with Crippen molar-refractivity contribution in [3.8, 4) is 0 Å². The van der Waals surface area contributed by atoms with Crippen LogP contribution in [0.1, 0.15) is 32.8 Å². The standard InChI is InChI=1S/C16H23ClN2O2/c1-5-12(3)18-15(20)10-19(16(21)13(4)17)14-9-7-6-8-11(14)2/h6-9,12-13H,5,10H2,1-4H3,(H,18,20). The van der Waals surface area contributed by atoms with Crippen LogP contribution >= 0.6 is 11.6 Å². The van der Waals surface area contributed by atoms with E-state index in [1.165, 1.54) is 4.90 Å². The fraction of sp³-hybridized carbons (Fsp3) is 0.500. The number of benzene rings is 1. The average molecular weight is 311 g/mol. The van der Waals surface area contributed by atoms with Crippen molar-refractivity contribution in [1.82, 2.24) is 5.32 Å². The Morgan fingerprint density at radius 2 is 1.90 bits per heavy atom. The molecule has 1 aromatic carbocycles. The van der Waals surface area contributed by atoms with Crippen LogP contribution in [-0.2, 0) is 9.59 Å². The molecule has 21 heavy (non-hydrogen) atoms. The highest BCUT2D eigenvalue weighted by Gasteiger charge is 2.24. The Kier molecular flexibility index (Phi) is 6.69. The van der Waals surface area contributed by atoms with Crippen LogP contribution in [0, 0.1) is 6.92 Å². The normalized spacial score (nSPS) is 13.4. The van der Waals surface area contributed by atoms with Crippen molar-refractivity contribution in [2.75, 3.05) is 11.4 Å². The summed E-state index contributed by atoms with van der Waals surface area (Å²) in [5.74, 6) is -0.455. The van der Waals surface area contributed by atoms with Gasteiger partial charge in [-0.05, 0) is 38.8 Å². The molecule has 0 spiro atoms. The first-order valence-electron chi connectivity index (χ1n) is 7.17. The molecule has 1 N–H and O–H groups in total. The van der Waals surface area contributed by atoms with Gasteiger partial charge in [-0.25, -0.2) is 0 Å². The molecule has 0 bridgehead atoms. The Hall–Kier alpha value is -1.55. The maximum Gasteiger partial charge on any atom is 0.245 e. The number of hydrogen-bond acceptors (Lipinski definition) is 2. The van der Waals surface area contributed by atoms with E-state index in [1.807, 2.05) is 45.0 Å². The number of nitrogens with zero attached hydrogens (tertiary/aromatic N) is 1. The predicted octanol–water partition coefficient (Wildman–Crippen LogP) is 2.87. The van der Waals surface area contributed by atoms with Crippen LogP contribution in [0.3, 0.4) is 0 Å². The summed E-state index contributed by atoms with van der Waals surface area (Å²) < 4.78 is 0. The van der Waals surface area contributed by atoms with Crippen molar-refractivity contribution in [2.45, 2.75) is 45.5 Å². The molecule has 4 nitrogen and oxygen atoms in total. The van der Waals surface area contributed by atoms with Crippen molar-refractivity contribution in [3.05, 3.63) is 29.8 Å². The molecule has 2 amide bonds. The Morgan fingerprint density at radius 1 is 1.29 bits per heavy atom. The second-order valence-corrected chi connectivity index (χ2v) is 5.86. The zero-order chi connectivity index (χ0) is 16.0. The Labute approximate surface area is 131 Å². The van der Waals surface area contributed by atoms with Gasteiger partial charge in [0, 0.05) is 11.7 Å². The van der Waals surface area contributed by atoms with Gasteiger partial charge in [-0.15, -0.1) is 11.6 Å². The van der Waals surface area contributed by atoms with Crippen molar-refractivity contribution in [3.63, 3.8) is 0 Å². The molecule has 0 aliphatic rings. The van der Waals surface area contributed by atoms with Gasteiger partial charge in [-0.1, -0.05) is 25.1 Å². The Morgan fingerprint density at radius 3 is 2.43 bits per heavy atom. The predicted molar refractivity (Wildman–Crippen MR) is 86.7 cm³/mol. The quantitative estimate of drug-likeness (QED) is 0.821. The number of carbonyl (C=O) groups is 2. The lowest BCUT2D eigenvalue weighted by atomic mass is 10.1. The monoisotopic (exact) mass is 310 g/mol. The van der Waals surface area contributed by atoms with Gasteiger partial charge in [0.15, 0.2) is 0 Å². The Balaban J connectivity index is 2.97. The lowest BCUT2D eigenvalue weighted by Gasteiger charge is -2.25. The number of nitrogens with one attached hydrogen (secondary N) is 1. The van der Waals surface area contributed by atoms with E-state index in [9.17, 15) is 9.59 Å². The zero-order valence-corrected chi connectivity index (χ0v) is 13.8. The van der Waals surface area contributed by atoms with E-state index in [4.69, 9.17) is 11.6 Å². The summed E-state index contributed by atoms with van der Waals surface area (Å²) in [7, 11) is 0. The minimum Gasteiger partial charge on any atom is -0.352 e. The minimum atomic E-state index is -0.680. The van der Waals surface area contributed by atoms with Gasteiger partial charge in [0.1, 0.15) is 11.9 Å². The van der Waals surface area contributed by atoms with Crippen LogP contribution in [0.15, 0.2) is 24.3 Å². The zero-order valence-electron chi connectivity index (χ0n) is 13.0. The van der Waals surface area contributed by atoms with Crippen LogP contribution in [0.25, 0.3) is 0 Å². The van der Waals surface area contributed by atoms with E-state index in [0.717, 1.165) is 12.0 Å². The van der Waals surface area contributed by atoms with E-state index < -0.39 is 5.38 Å². The van der Waals surface area contributed by atoms with Gasteiger partial charge in [0.05, 0.1) is 0 Å². The number of carbonyl (C=O) groups excluding carboxylic acids is 2. The molecule has 0 radical (unpaired) electrons. The van der Waals surface area contributed by atoms with Gasteiger partial charge < -0.3 is 10.2 Å². The first kappa shape index (κ1) is 17.5. The molecule has 1 aromatic rings. The summed E-state index contributed by atoms with van der Waals surface area (Å²) in [4.78, 5) is 25.8. The number of anilines is 1. The number of rotatable bonds is 6. The van der Waals surface area contributed by atoms with Gasteiger partial charge in [0.25, 0.3) is 0 Å². The van der Waals surface area contributed by atoms with E-state index in [2.05, 4.69) is 5.32 Å². The SMILES string of the molecule is CCC(C)NC(=O)CN(C(=O)C(C)Cl)c1ccccc1C. The van der Waals surface area contributed by atoms with Gasteiger partial charge >= 0.3 is 0 Å². The summed E-state index contributed by atoms with van der Waals surface area (Å²) in [5.41, 5.74) is 1.65. The average Bonchev–Trinajstić information content (AvgIpc) is 2.44. The van der Waals surface area contributed by atoms with Crippen LogP contribution in [0.4, 0.5) is 5.69 Å². The van der Waals surface area contributed by atoms with Gasteiger partial charge in [-0.2, -0.15) is 0 Å². The first-order chi connectivity index (χ1) is 9.86. The molecule has 5 heteroatoms. The van der Waals surface area contributed by atoms with Crippen molar-refractivity contribution in [2.24, 2.45) is 0 Å². The molecule has 0 heterocycles. The third-order valence-corrected chi connectivity index (χ3v) is 3.52. The number of halogens is 1. The molecule has 116 valence electrons. The lowest BCUT2D eigenvalue weighted by molar-refractivity contribution is -0.124. The Bertz CT molecular complexity index is 503. The molecule has 0 saturated carbocycles. The number of hydrogen-bond donors (Lipinski definition) is 1. The van der Waals surface area contributed by atoms with Gasteiger partial charge in [-0.3, -0.25) is 9.59 Å². The summed E-state index contributed by atoms with van der Waals surface area (Å²) in [6.45, 7) is 7.42. The molecule has 0 aromatic heterocycles. The second-order valence-electron chi connectivity index (χ2n) is 5.20. The largest absolute Gasteiger partial charge is 0.352 e. The van der Waals surface area contributed by atoms with E-state index in [0.29, 0.717) is 5.69 Å². The van der Waals surface area contributed by atoms with E-state index in [-0.39, 0.29) is 24.4 Å². The first-order valence-corrected chi connectivity index (χ1v) is 7.60.